The summed E-state index contributed by atoms with van der Waals surface area (Å²) >= 11 is 1.66. The van der Waals surface area contributed by atoms with Crippen molar-refractivity contribution in [2.45, 2.75) is 33.2 Å². The largest absolute Gasteiger partial charge is 0.379 e. The Morgan fingerprint density at radius 3 is 2.63 bits per heavy atom. The van der Waals surface area contributed by atoms with Crippen molar-refractivity contribution in [3.8, 4) is 0 Å². The third kappa shape index (κ3) is 3.89. The predicted molar refractivity (Wildman–Crippen MR) is 79.9 cm³/mol. The number of hydrogen-bond donors (Lipinski definition) is 1. The molecule has 2 rings (SSSR count). The average molecular weight is 274 g/mol. The van der Waals surface area contributed by atoms with Crippen molar-refractivity contribution >= 4 is 22.8 Å². The first-order chi connectivity index (χ1) is 9.19. The van der Waals surface area contributed by atoms with Gasteiger partial charge in [0.05, 0.1) is 17.2 Å². The van der Waals surface area contributed by atoms with Crippen molar-refractivity contribution in [3.63, 3.8) is 0 Å². The van der Waals surface area contributed by atoms with Crippen LogP contribution < -0.4 is 5.32 Å². The first-order valence-electron chi connectivity index (χ1n) is 6.47. The van der Waals surface area contributed by atoms with Crippen LogP contribution >= 0.6 is 11.3 Å². The number of nitrogens with one attached hydrogen (secondary N) is 1. The number of rotatable bonds is 6. The molecule has 0 aliphatic rings. The van der Waals surface area contributed by atoms with E-state index in [1.54, 1.807) is 11.3 Å². The van der Waals surface area contributed by atoms with Crippen molar-refractivity contribution < 1.29 is 4.79 Å². The predicted octanol–water partition coefficient (Wildman–Crippen LogP) is 4.05. The topological polar surface area (TPSA) is 42.0 Å². The van der Waals surface area contributed by atoms with Crippen LogP contribution in [0.5, 0.6) is 0 Å². The highest BCUT2D eigenvalue weighted by molar-refractivity contribution is 7.09. The van der Waals surface area contributed by atoms with Crippen LogP contribution in [0.1, 0.15) is 40.8 Å². The Hall–Kier alpha value is -1.68. The van der Waals surface area contributed by atoms with Gasteiger partial charge in [-0.05, 0) is 37.6 Å². The number of thiazole rings is 1. The number of hydrogen-bond acceptors (Lipinski definition) is 4. The molecule has 2 aromatic rings. The number of nitrogens with zero attached hydrogens (tertiary/aromatic N) is 1. The maximum atomic E-state index is 11.7. The van der Waals surface area contributed by atoms with Gasteiger partial charge in [0.15, 0.2) is 5.78 Å². The Labute approximate surface area is 117 Å². The lowest BCUT2D eigenvalue weighted by Crippen LogP contribution is -2.01. The van der Waals surface area contributed by atoms with E-state index in [1.807, 2.05) is 38.1 Å². The molecule has 0 unspecified atom stereocenters. The van der Waals surface area contributed by atoms with Crippen molar-refractivity contribution in [2.75, 3.05) is 5.32 Å². The van der Waals surface area contributed by atoms with Crippen LogP contribution in [0.25, 0.3) is 0 Å². The van der Waals surface area contributed by atoms with E-state index in [2.05, 4.69) is 15.7 Å². The van der Waals surface area contributed by atoms with E-state index in [0.717, 1.165) is 28.4 Å². The van der Waals surface area contributed by atoms with Gasteiger partial charge in [-0.1, -0.05) is 6.92 Å². The maximum absolute atomic E-state index is 11.7. The Morgan fingerprint density at radius 2 is 2.05 bits per heavy atom. The smallest absolute Gasteiger partial charge is 0.162 e. The molecule has 0 amide bonds. The SMILES string of the molecule is CCCC(=O)c1ccc(NCc2csc(C)n2)cc1. The van der Waals surface area contributed by atoms with Crippen molar-refractivity contribution in [1.82, 2.24) is 4.98 Å². The lowest BCUT2D eigenvalue weighted by atomic mass is 10.1. The van der Waals surface area contributed by atoms with Gasteiger partial charge in [-0.15, -0.1) is 11.3 Å². The monoisotopic (exact) mass is 274 g/mol. The third-order valence-corrected chi connectivity index (χ3v) is 3.65. The highest BCUT2D eigenvalue weighted by atomic mass is 32.1. The fourth-order valence-corrected chi connectivity index (χ4v) is 2.44. The molecule has 3 nitrogen and oxygen atoms in total. The maximum Gasteiger partial charge on any atom is 0.162 e. The fourth-order valence-electron chi connectivity index (χ4n) is 1.83. The number of carbonyl (C=O) groups excluding carboxylic acids is 1. The van der Waals surface area contributed by atoms with E-state index in [9.17, 15) is 4.79 Å². The van der Waals surface area contributed by atoms with Gasteiger partial charge in [-0.25, -0.2) is 4.98 Å². The highest BCUT2D eigenvalue weighted by Gasteiger charge is 2.04. The van der Waals surface area contributed by atoms with Crippen LogP contribution in [0.4, 0.5) is 5.69 Å². The summed E-state index contributed by atoms with van der Waals surface area (Å²) in [7, 11) is 0. The second kappa shape index (κ2) is 6.48. The minimum Gasteiger partial charge on any atom is -0.379 e. The molecule has 0 radical (unpaired) electrons. The Balaban J connectivity index is 1.93. The Bertz CT molecular complexity index is 546. The van der Waals surface area contributed by atoms with Crippen molar-refractivity contribution in [3.05, 3.63) is 45.9 Å². The molecule has 0 aliphatic carbocycles. The van der Waals surface area contributed by atoms with Crippen LogP contribution in [0.15, 0.2) is 29.6 Å². The summed E-state index contributed by atoms with van der Waals surface area (Å²) in [5, 5.41) is 6.44. The van der Waals surface area contributed by atoms with Gasteiger partial charge >= 0.3 is 0 Å². The molecule has 1 N–H and O–H groups in total. The van der Waals surface area contributed by atoms with Crippen molar-refractivity contribution in [1.29, 1.82) is 0 Å². The van der Waals surface area contributed by atoms with Gasteiger partial charge in [-0.2, -0.15) is 0 Å². The fraction of sp³-hybridized carbons (Fsp3) is 0.333. The minimum atomic E-state index is 0.212. The lowest BCUT2D eigenvalue weighted by molar-refractivity contribution is 0.0982. The van der Waals surface area contributed by atoms with E-state index in [-0.39, 0.29) is 5.78 Å². The van der Waals surface area contributed by atoms with Crippen LogP contribution in [0.3, 0.4) is 0 Å². The van der Waals surface area contributed by atoms with Crippen molar-refractivity contribution in [2.24, 2.45) is 0 Å². The van der Waals surface area contributed by atoms with Gasteiger partial charge < -0.3 is 5.32 Å². The molecular formula is C15H18N2OS. The number of aromatic nitrogens is 1. The average Bonchev–Trinajstić information content (AvgIpc) is 2.83. The summed E-state index contributed by atoms with van der Waals surface area (Å²) in [6, 6.07) is 7.66. The molecule has 4 heteroatoms. The molecule has 1 aromatic carbocycles. The molecule has 0 aliphatic heterocycles. The summed E-state index contributed by atoms with van der Waals surface area (Å²) in [6.45, 7) is 4.73. The minimum absolute atomic E-state index is 0.212. The van der Waals surface area contributed by atoms with Gasteiger partial charge in [-0.3, -0.25) is 4.79 Å². The molecule has 1 heterocycles. The first-order valence-corrected chi connectivity index (χ1v) is 7.35. The molecule has 0 fully saturated rings. The van der Waals surface area contributed by atoms with E-state index in [0.29, 0.717) is 13.0 Å². The molecule has 0 saturated carbocycles. The normalized spacial score (nSPS) is 10.4. The molecule has 0 atom stereocenters. The van der Waals surface area contributed by atoms with E-state index >= 15 is 0 Å². The Morgan fingerprint density at radius 1 is 1.32 bits per heavy atom. The van der Waals surface area contributed by atoms with Crippen LogP contribution in [0.2, 0.25) is 0 Å². The zero-order valence-electron chi connectivity index (χ0n) is 11.3. The number of ketones is 1. The van der Waals surface area contributed by atoms with Crippen LogP contribution in [0, 0.1) is 6.92 Å². The summed E-state index contributed by atoms with van der Waals surface area (Å²) in [5.74, 6) is 0.212. The number of Topliss-reactive ketones (excluding diaryl/α,β-unsaturated/α-hetero) is 1. The number of carbonyl (C=O) groups is 1. The van der Waals surface area contributed by atoms with Gasteiger partial charge in [0, 0.05) is 23.1 Å². The quantitative estimate of drug-likeness (QED) is 0.808. The molecule has 100 valence electrons. The first kappa shape index (κ1) is 13.7. The molecule has 1 aromatic heterocycles. The molecule has 0 saturated heterocycles. The van der Waals surface area contributed by atoms with Gasteiger partial charge in [0.2, 0.25) is 0 Å². The second-order valence-electron chi connectivity index (χ2n) is 4.46. The number of benzene rings is 1. The molecule has 0 spiro atoms. The summed E-state index contributed by atoms with van der Waals surface area (Å²) in [4.78, 5) is 16.1. The second-order valence-corrected chi connectivity index (χ2v) is 5.52. The highest BCUT2D eigenvalue weighted by Crippen LogP contribution is 2.14. The summed E-state index contributed by atoms with van der Waals surface area (Å²) in [6.07, 6.45) is 1.51. The van der Waals surface area contributed by atoms with E-state index < -0.39 is 0 Å². The lowest BCUT2D eigenvalue weighted by Gasteiger charge is -2.05. The summed E-state index contributed by atoms with van der Waals surface area (Å²) in [5.41, 5.74) is 2.85. The standard InChI is InChI=1S/C15H18N2OS/c1-3-4-15(18)12-5-7-13(8-6-12)16-9-14-10-19-11(2)17-14/h5-8,10,16H,3-4,9H2,1-2H3. The molecule has 19 heavy (non-hydrogen) atoms. The Kier molecular flexibility index (Phi) is 4.68. The zero-order chi connectivity index (χ0) is 13.7. The van der Waals surface area contributed by atoms with Gasteiger partial charge in [0.25, 0.3) is 0 Å². The number of aryl methyl sites for hydroxylation is 1. The molecule has 0 bridgehead atoms. The zero-order valence-corrected chi connectivity index (χ0v) is 12.1. The van der Waals surface area contributed by atoms with Gasteiger partial charge in [0.1, 0.15) is 0 Å². The van der Waals surface area contributed by atoms with E-state index in [4.69, 9.17) is 0 Å². The summed E-state index contributed by atoms with van der Waals surface area (Å²) < 4.78 is 0. The van der Waals surface area contributed by atoms with Crippen LogP contribution in [-0.4, -0.2) is 10.8 Å². The third-order valence-electron chi connectivity index (χ3n) is 2.82. The number of anilines is 1. The van der Waals surface area contributed by atoms with Crippen LogP contribution in [-0.2, 0) is 6.54 Å². The molecular weight excluding hydrogens is 256 g/mol. The van der Waals surface area contributed by atoms with E-state index in [1.165, 1.54) is 0 Å².